The lowest BCUT2D eigenvalue weighted by molar-refractivity contribution is 1.15. The molecule has 96 valence electrons. The lowest BCUT2D eigenvalue weighted by Crippen LogP contribution is -1.96. The molecular weight excluding hydrogens is 260 g/mol. The molecule has 2 heterocycles. The van der Waals surface area contributed by atoms with E-state index in [0.29, 0.717) is 5.02 Å². The summed E-state index contributed by atoms with van der Waals surface area (Å²) in [6.07, 6.45) is 4.45. The van der Waals surface area contributed by atoms with Crippen LogP contribution in [-0.2, 0) is 6.42 Å². The van der Waals surface area contributed by atoms with Crippen molar-refractivity contribution < 1.29 is 0 Å². The number of rotatable bonds is 3. The molecule has 0 saturated heterocycles. The minimum atomic E-state index is 0.695. The first-order valence-electron chi connectivity index (χ1n) is 6.11. The van der Waals surface area contributed by atoms with Crippen LogP contribution in [0.5, 0.6) is 0 Å². The molecule has 5 heteroatoms. The van der Waals surface area contributed by atoms with Crippen LogP contribution < -0.4 is 5.32 Å². The van der Waals surface area contributed by atoms with Crippen LogP contribution in [-0.4, -0.2) is 15.0 Å². The summed E-state index contributed by atoms with van der Waals surface area (Å²) in [5, 5.41) is 5.02. The predicted octanol–water partition coefficient (Wildman–Crippen LogP) is 3.92. The zero-order valence-electron chi connectivity index (χ0n) is 10.4. The largest absolute Gasteiger partial charge is 0.346 e. The van der Waals surface area contributed by atoms with E-state index in [1.54, 1.807) is 6.33 Å². The van der Waals surface area contributed by atoms with Crippen molar-refractivity contribution in [2.75, 3.05) is 5.32 Å². The third kappa shape index (κ3) is 2.27. The average molecular weight is 273 g/mol. The second-order valence-electron chi connectivity index (χ2n) is 4.25. The molecule has 0 aliphatic carbocycles. The Labute approximate surface area is 115 Å². The summed E-state index contributed by atoms with van der Waals surface area (Å²) >= 11 is 5.99. The van der Waals surface area contributed by atoms with Gasteiger partial charge in [0.1, 0.15) is 17.8 Å². The van der Waals surface area contributed by atoms with Gasteiger partial charge in [0.05, 0.1) is 5.39 Å². The Morgan fingerprint density at radius 1 is 1.32 bits per heavy atom. The normalized spacial score (nSPS) is 10.8. The van der Waals surface area contributed by atoms with Crippen LogP contribution in [0.25, 0.3) is 11.0 Å². The smallest absolute Gasteiger partial charge is 0.143 e. The minimum Gasteiger partial charge on any atom is -0.346 e. The van der Waals surface area contributed by atoms with E-state index in [0.717, 1.165) is 29.0 Å². The van der Waals surface area contributed by atoms with Crippen molar-refractivity contribution in [1.29, 1.82) is 0 Å². The highest BCUT2D eigenvalue weighted by atomic mass is 35.5. The van der Waals surface area contributed by atoms with Gasteiger partial charge in [-0.1, -0.05) is 24.6 Å². The monoisotopic (exact) mass is 272 g/mol. The highest BCUT2D eigenvalue weighted by Crippen LogP contribution is 2.27. The van der Waals surface area contributed by atoms with Gasteiger partial charge < -0.3 is 10.3 Å². The van der Waals surface area contributed by atoms with Crippen LogP contribution in [0.3, 0.4) is 0 Å². The molecule has 0 bridgehead atoms. The number of aromatic amines is 1. The number of nitrogens with one attached hydrogen (secondary N) is 2. The number of hydrogen-bond donors (Lipinski definition) is 2. The van der Waals surface area contributed by atoms with E-state index in [9.17, 15) is 0 Å². The van der Waals surface area contributed by atoms with Crippen molar-refractivity contribution in [3.63, 3.8) is 0 Å². The highest BCUT2D eigenvalue weighted by molar-refractivity contribution is 6.30. The first-order chi connectivity index (χ1) is 9.28. The number of anilines is 2. The fourth-order valence-corrected chi connectivity index (χ4v) is 2.29. The van der Waals surface area contributed by atoms with Gasteiger partial charge in [0.2, 0.25) is 0 Å². The average Bonchev–Trinajstić information content (AvgIpc) is 2.83. The number of H-pyrrole nitrogens is 1. The summed E-state index contributed by atoms with van der Waals surface area (Å²) in [5.74, 6) is 0.797. The first kappa shape index (κ1) is 12.0. The summed E-state index contributed by atoms with van der Waals surface area (Å²) in [4.78, 5) is 11.7. The molecule has 0 unspecified atom stereocenters. The molecule has 0 saturated carbocycles. The lowest BCUT2D eigenvalue weighted by atomic mass is 10.2. The zero-order valence-corrected chi connectivity index (χ0v) is 11.2. The molecule has 0 amide bonds. The molecule has 2 N–H and O–H groups in total. The third-order valence-electron chi connectivity index (χ3n) is 3.02. The molecule has 0 radical (unpaired) electrons. The van der Waals surface area contributed by atoms with Gasteiger partial charge in [0.25, 0.3) is 0 Å². The molecule has 4 nitrogen and oxygen atoms in total. The Bertz CT molecular complexity index is 720. The maximum absolute atomic E-state index is 5.99. The van der Waals surface area contributed by atoms with Crippen molar-refractivity contribution >= 4 is 34.1 Å². The van der Waals surface area contributed by atoms with E-state index < -0.39 is 0 Å². The molecule has 0 fully saturated rings. The van der Waals surface area contributed by atoms with Gasteiger partial charge >= 0.3 is 0 Å². The predicted molar refractivity (Wildman–Crippen MR) is 78.0 cm³/mol. The van der Waals surface area contributed by atoms with Crippen molar-refractivity contribution in [2.24, 2.45) is 0 Å². The van der Waals surface area contributed by atoms with Gasteiger partial charge in [0, 0.05) is 16.9 Å². The standard InChI is InChI=1S/C14H13ClN4/c1-2-9-7-16-13-12(9)14(18-8-17-13)19-11-5-3-4-10(15)6-11/h3-8H,2H2,1H3,(H2,16,17,18,19). The SMILES string of the molecule is CCc1c[nH]c2ncnc(Nc3cccc(Cl)c3)c12. The highest BCUT2D eigenvalue weighted by Gasteiger charge is 2.10. The van der Waals surface area contributed by atoms with E-state index in [-0.39, 0.29) is 0 Å². The maximum atomic E-state index is 5.99. The van der Waals surface area contributed by atoms with E-state index in [2.05, 4.69) is 27.2 Å². The van der Waals surface area contributed by atoms with Crippen molar-refractivity contribution in [1.82, 2.24) is 15.0 Å². The Morgan fingerprint density at radius 2 is 2.21 bits per heavy atom. The minimum absolute atomic E-state index is 0.695. The zero-order chi connectivity index (χ0) is 13.2. The number of aromatic nitrogens is 3. The summed E-state index contributed by atoms with van der Waals surface area (Å²) < 4.78 is 0. The fraction of sp³-hybridized carbons (Fsp3) is 0.143. The molecule has 19 heavy (non-hydrogen) atoms. The number of benzene rings is 1. The number of halogens is 1. The van der Waals surface area contributed by atoms with Gasteiger partial charge in [-0.15, -0.1) is 0 Å². The van der Waals surface area contributed by atoms with Crippen molar-refractivity contribution in [3.05, 3.63) is 47.4 Å². The Kier molecular flexibility index (Phi) is 3.09. The van der Waals surface area contributed by atoms with E-state index in [1.807, 2.05) is 30.5 Å². The third-order valence-corrected chi connectivity index (χ3v) is 3.25. The van der Waals surface area contributed by atoms with Gasteiger partial charge in [-0.3, -0.25) is 0 Å². The van der Waals surface area contributed by atoms with Crippen LogP contribution in [0.2, 0.25) is 5.02 Å². The molecule has 2 aromatic heterocycles. The molecule has 3 aromatic rings. The quantitative estimate of drug-likeness (QED) is 0.760. The van der Waals surface area contributed by atoms with Crippen LogP contribution in [0, 0.1) is 0 Å². The molecule has 0 spiro atoms. The second kappa shape index (κ2) is 4.90. The summed E-state index contributed by atoms with van der Waals surface area (Å²) in [6.45, 7) is 2.11. The molecule has 0 aliphatic rings. The molecule has 0 atom stereocenters. The van der Waals surface area contributed by atoms with Gasteiger partial charge in [0.15, 0.2) is 0 Å². The molecule has 0 aliphatic heterocycles. The topological polar surface area (TPSA) is 53.6 Å². The molecule has 1 aromatic carbocycles. The van der Waals surface area contributed by atoms with Crippen molar-refractivity contribution in [3.8, 4) is 0 Å². The number of fused-ring (bicyclic) bond motifs is 1. The summed E-state index contributed by atoms with van der Waals surface area (Å²) in [5.41, 5.74) is 2.95. The Morgan fingerprint density at radius 3 is 3.00 bits per heavy atom. The van der Waals surface area contributed by atoms with Gasteiger partial charge in [-0.2, -0.15) is 0 Å². The van der Waals surface area contributed by atoms with E-state index in [1.165, 1.54) is 5.56 Å². The van der Waals surface area contributed by atoms with Crippen LogP contribution in [0.4, 0.5) is 11.5 Å². The number of nitrogens with zero attached hydrogens (tertiary/aromatic N) is 2. The van der Waals surface area contributed by atoms with Crippen molar-refractivity contribution in [2.45, 2.75) is 13.3 Å². The molecule has 3 rings (SSSR count). The number of aryl methyl sites for hydroxylation is 1. The van der Waals surface area contributed by atoms with Gasteiger partial charge in [-0.25, -0.2) is 9.97 Å². The Balaban J connectivity index is 2.07. The molecular formula is C14H13ClN4. The van der Waals surface area contributed by atoms with Crippen LogP contribution >= 0.6 is 11.6 Å². The van der Waals surface area contributed by atoms with Gasteiger partial charge in [-0.05, 0) is 30.2 Å². The Hall–Kier alpha value is -2.07. The fourth-order valence-electron chi connectivity index (χ4n) is 2.10. The van der Waals surface area contributed by atoms with E-state index >= 15 is 0 Å². The van der Waals surface area contributed by atoms with E-state index in [4.69, 9.17) is 11.6 Å². The number of hydrogen-bond acceptors (Lipinski definition) is 3. The summed E-state index contributed by atoms with van der Waals surface area (Å²) in [6, 6.07) is 7.57. The maximum Gasteiger partial charge on any atom is 0.143 e. The van der Waals surface area contributed by atoms with Crippen LogP contribution in [0.1, 0.15) is 12.5 Å². The summed E-state index contributed by atoms with van der Waals surface area (Å²) in [7, 11) is 0. The first-order valence-corrected chi connectivity index (χ1v) is 6.49. The lowest BCUT2D eigenvalue weighted by Gasteiger charge is -2.07. The van der Waals surface area contributed by atoms with Crippen LogP contribution in [0.15, 0.2) is 36.8 Å². The second-order valence-corrected chi connectivity index (χ2v) is 4.69.